The molecule has 0 rings (SSSR count). The Morgan fingerprint density at radius 2 is 1.93 bits per heavy atom. The number of ether oxygens (including phenoxy) is 2. The van der Waals surface area contributed by atoms with Crippen molar-refractivity contribution in [2.24, 2.45) is 0 Å². The van der Waals surface area contributed by atoms with Gasteiger partial charge < -0.3 is 14.6 Å². The Labute approximate surface area is 87.1 Å². The zero-order valence-electron chi connectivity index (χ0n) is 7.73. The molecule has 5 nitrogen and oxygen atoms in total. The van der Waals surface area contributed by atoms with Crippen LogP contribution in [0.4, 0.5) is 4.79 Å². The lowest BCUT2D eigenvalue weighted by Gasteiger charge is -2.10. The molecule has 6 heteroatoms. The van der Waals surface area contributed by atoms with Crippen molar-refractivity contribution in [3.63, 3.8) is 0 Å². The third-order valence-electron chi connectivity index (χ3n) is 1.15. The molecule has 0 radical (unpaired) electrons. The number of thiol groups is 1. The zero-order chi connectivity index (χ0) is 11.1. The largest absolute Gasteiger partial charge is 0.459 e. The number of hydrogen-bond donors (Lipinski definition) is 2. The van der Waals surface area contributed by atoms with E-state index in [9.17, 15) is 9.59 Å². The summed E-state index contributed by atoms with van der Waals surface area (Å²) in [6.07, 6.45) is -1.05. The highest BCUT2D eigenvalue weighted by Gasteiger charge is 2.10. The van der Waals surface area contributed by atoms with E-state index < -0.39 is 17.4 Å². The fourth-order valence-corrected chi connectivity index (χ4v) is 0.585. The molecule has 0 saturated carbocycles. The highest BCUT2D eigenvalue weighted by Crippen LogP contribution is 1.96. The van der Waals surface area contributed by atoms with Crippen molar-refractivity contribution in [2.75, 3.05) is 13.2 Å². The summed E-state index contributed by atoms with van der Waals surface area (Å²) in [4.78, 5) is 21.0. The number of rotatable bonds is 5. The third kappa shape index (κ3) is 6.50. The first-order chi connectivity index (χ1) is 6.43. The van der Waals surface area contributed by atoms with Crippen molar-refractivity contribution in [1.82, 2.24) is 0 Å². The second-order valence-corrected chi connectivity index (χ2v) is 2.97. The van der Waals surface area contributed by atoms with E-state index in [0.29, 0.717) is 0 Å². The number of aliphatic hydroxyl groups is 1. The predicted molar refractivity (Wildman–Crippen MR) is 52.1 cm³/mol. The Balaban J connectivity index is 3.63. The van der Waals surface area contributed by atoms with Gasteiger partial charge in [0, 0.05) is 5.57 Å². The second-order valence-electron chi connectivity index (χ2n) is 2.61. The normalized spacial score (nSPS) is 11.6. The molecule has 1 atom stereocenters. The number of carbonyl (C=O) groups excluding carboxylic acids is 2. The monoisotopic (exact) mass is 220 g/mol. The SMILES string of the molecule is C=C(C)C(=O)OCC(O)COC(=O)S. The maximum Gasteiger partial charge on any atom is 0.364 e. The molecule has 14 heavy (non-hydrogen) atoms. The second kappa shape index (κ2) is 6.44. The number of hydrogen-bond acceptors (Lipinski definition) is 5. The van der Waals surface area contributed by atoms with Gasteiger partial charge in [0.15, 0.2) is 0 Å². The van der Waals surface area contributed by atoms with Crippen LogP contribution in [0.25, 0.3) is 0 Å². The average Bonchev–Trinajstić information content (AvgIpc) is 2.10. The molecule has 0 heterocycles. The summed E-state index contributed by atoms with van der Waals surface area (Å²) in [5, 5.41) is 8.31. The van der Waals surface area contributed by atoms with Crippen molar-refractivity contribution < 1.29 is 24.2 Å². The standard InChI is InChI=1S/C8H12O5S/c1-5(2)7(10)12-3-6(9)4-13-8(11)14/h6,9H,1,3-4H2,2H3,(H,11,14). The van der Waals surface area contributed by atoms with Crippen LogP contribution in [-0.2, 0) is 14.3 Å². The molecule has 0 aromatic heterocycles. The third-order valence-corrected chi connectivity index (χ3v) is 1.28. The molecule has 0 fully saturated rings. The van der Waals surface area contributed by atoms with Gasteiger partial charge in [-0.25, -0.2) is 9.59 Å². The van der Waals surface area contributed by atoms with Crippen LogP contribution in [0.2, 0.25) is 0 Å². The van der Waals surface area contributed by atoms with Crippen molar-refractivity contribution in [3.8, 4) is 0 Å². The molecule has 80 valence electrons. The molecule has 0 aliphatic rings. The van der Waals surface area contributed by atoms with Gasteiger partial charge in [0.2, 0.25) is 0 Å². The zero-order valence-corrected chi connectivity index (χ0v) is 8.62. The van der Waals surface area contributed by atoms with Gasteiger partial charge in [-0.3, -0.25) is 0 Å². The first kappa shape index (κ1) is 13.0. The summed E-state index contributed by atoms with van der Waals surface area (Å²) in [5.74, 6) is -0.596. The molecule has 0 aliphatic carbocycles. The van der Waals surface area contributed by atoms with Gasteiger partial charge >= 0.3 is 11.3 Å². The number of carbonyl (C=O) groups is 2. The predicted octanol–water partition coefficient (Wildman–Crippen LogP) is 0.533. The number of aliphatic hydroxyl groups excluding tert-OH is 1. The van der Waals surface area contributed by atoms with Crippen LogP contribution in [0.3, 0.4) is 0 Å². The lowest BCUT2D eigenvalue weighted by Crippen LogP contribution is -2.24. The Morgan fingerprint density at radius 1 is 1.43 bits per heavy atom. The van der Waals surface area contributed by atoms with E-state index >= 15 is 0 Å². The minimum absolute atomic E-state index is 0.239. The molecular formula is C8H12O5S. The Bertz CT molecular complexity index is 238. The quantitative estimate of drug-likeness (QED) is 0.402. The Morgan fingerprint density at radius 3 is 2.36 bits per heavy atom. The van der Waals surface area contributed by atoms with Crippen LogP contribution in [0.5, 0.6) is 0 Å². The van der Waals surface area contributed by atoms with Crippen LogP contribution in [0.15, 0.2) is 12.2 Å². The number of esters is 1. The molecular weight excluding hydrogens is 208 g/mol. The lowest BCUT2D eigenvalue weighted by molar-refractivity contribution is -0.142. The first-order valence-corrected chi connectivity index (χ1v) is 4.24. The highest BCUT2D eigenvalue weighted by atomic mass is 32.1. The smallest absolute Gasteiger partial charge is 0.364 e. The van der Waals surface area contributed by atoms with E-state index in [4.69, 9.17) is 5.11 Å². The Kier molecular flexibility index (Phi) is 5.98. The van der Waals surface area contributed by atoms with Crippen LogP contribution in [0.1, 0.15) is 6.92 Å². The minimum Gasteiger partial charge on any atom is -0.459 e. The molecule has 0 saturated heterocycles. The van der Waals surface area contributed by atoms with E-state index in [-0.39, 0.29) is 18.8 Å². The summed E-state index contributed by atoms with van der Waals surface area (Å²) in [5.41, 5.74) is 0.239. The van der Waals surface area contributed by atoms with Gasteiger partial charge in [0.1, 0.15) is 19.3 Å². The maximum atomic E-state index is 10.8. The fourth-order valence-electron chi connectivity index (χ4n) is 0.511. The van der Waals surface area contributed by atoms with E-state index in [0.717, 1.165) is 0 Å². The van der Waals surface area contributed by atoms with Gasteiger partial charge in [0.25, 0.3) is 0 Å². The van der Waals surface area contributed by atoms with Gasteiger partial charge in [-0.15, -0.1) is 0 Å². The highest BCUT2D eigenvalue weighted by molar-refractivity contribution is 7.96. The van der Waals surface area contributed by atoms with E-state index in [1.165, 1.54) is 6.92 Å². The van der Waals surface area contributed by atoms with Crippen molar-refractivity contribution >= 4 is 23.9 Å². The Hall–Kier alpha value is -1.01. The average molecular weight is 220 g/mol. The van der Waals surface area contributed by atoms with Gasteiger partial charge in [-0.2, -0.15) is 0 Å². The van der Waals surface area contributed by atoms with E-state index in [1.807, 2.05) is 0 Å². The van der Waals surface area contributed by atoms with Gasteiger partial charge in [0.05, 0.1) is 0 Å². The molecule has 0 amide bonds. The van der Waals surface area contributed by atoms with Crippen LogP contribution < -0.4 is 0 Å². The van der Waals surface area contributed by atoms with Gasteiger partial charge in [-0.05, 0) is 6.92 Å². The van der Waals surface area contributed by atoms with Crippen LogP contribution >= 0.6 is 12.6 Å². The van der Waals surface area contributed by atoms with Crippen molar-refractivity contribution in [1.29, 1.82) is 0 Å². The summed E-state index contributed by atoms with van der Waals surface area (Å²) < 4.78 is 8.95. The van der Waals surface area contributed by atoms with E-state index in [1.54, 1.807) is 0 Å². The topological polar surface area (TPSA) is 72.8 Å². The molecule has 0 aliphatic heterocycles. The summed E-state index contributed by atoms with van der Waals surface area (Å²) in [6.45, 7) is 4.34. The summed E-state index contributed by atoms with van der Waals surface area (Å²) in [6, 6.07) is 0. The molecule has 0 spiro atoms. The molecule has 0 aromatic rings. The molecule has 0 bridgehead atoms. The molecule has 0 aromatic carbocycles. The molecule has 1 unspecified atom stereocenters. The fraction of sp³-hybridized carbons (Fsp3) is 0.500. The molecule has 1 N–H and O–H groups in total. The van der Waals surface area contributed by atoms with E-state index in [2.05, 4.69) is 28.7 Å². The van der Waals surface area contributed by atoms with Crippen molar-refractivity contribution in [2.45, 2.75) is 13.0 Å². The van der Waals surface area contributed by atoms with Crippen LogP contribution in [0, 0.1) is 0 Å². The lowest BCUT2D eigenvalue weighted by atomic mass is 10.3. The van der Waals surface area contributed by atoms with Crippen LogP contribution in [-0.4, -0.2) is 35.7 Å². The van der Waals surface area contributed by atoms with Gasteiger partial charge in [-0.1, -0.05) is 19.2 Å². The summed E-state index contributed by atoms with van der Waals surface area (Å²) >= 11 is 3.32. The first-order valence-electron chi connectivity index (χ1n) is 3.80. The summed E-state index contributed by atoms with van der Waals surface area (Å²) in [7, 11) is 0. The minimum atomic E-state index is -1.05. The maximum absolute atomic E-state index is 10.8. The van der Waals surface area contributed by atoms with Crippen molar-refractivity contribution in [3.05, 3.63) is 12.2 Å².